The van der Waals surface area contributed by atoms with Gasteiger partial charge in [0.05, 0.1) is 6.26 Å². The standard InChI is InChI=1S/C16H14N2O4/c1-9-4-5-12-10(7-9)11(14(18-12)16(20)21)8-17-15(19)13-3-2-6-22-13/h2-7,18H,8H2,1H3,(H,17,19)(H,20,21). The maximum atomic E-state index is 11.9. The molecule has 0 atom stereocenters. The van der Waals surface area contributed by atoms with E-state index in [4.69, 9.17) is 4.42 Å². The number of amides is 1. The number of hydrogen-bond donors (Lipinski definition) is 3. The number of furan rings is 1. The second-order valence-corrected chi connectivity index (χ2v) is 4.99. The van der Waals surface area contributed by atoms with E-state index >= 15 is 0 Å². The molecule has 6 nitrogen and oxygen atoms in total. The summed E-state index contributed by atoms with van der Waals surface area (Å²) in [7, 11) is 0. The van der Waals surface area contributed by atoms with Gasteiger partial charge < -0.3 is 19.8 Å². The molecule has 3 aromatic rings. The Morgan fingerprint density at radius 3 is 2.82 bits per heavy atom. The van der Waals surface area contributed by atoms with Crippen molar-refractivity contribution in [3.8, 4) is 0 Å². The van der Waals surface area contributed by atoms with Crippen molar-refractivity contribution < 1.29 is 19.1 Å². The van der Waals surface area contributed by atoms with Crippen LogP contribution in [0, 0.1) is 6.92 Å². The Kier molecular flexibility index (Phi) is 3.42. The number of aromatic nitrogens is 1. The minimum absolute atomic E-state index is 0.0837. The summed E-state index contributed by atoms with van der Waals surface area (Å²) in [5.41, 5.74) is 2.37. The quantitative estimate of drug-likeness (QED) is 0.690. The molecule has 2 heterocycles. The van der Waals surface area contributed by atoms with Crippen LogP contribution in [-0.4, -0.2) is 22.0 Å². The molecule has 0 fully saturated rings. The molecule has 0 saturated carbocycles. The smallest absolute Gasteiger partial charge is 0.352 e. The third-order valence-corrected chi connectivity index (χ3v) is 3.45. The van der Waals surface area contributed by atoms with Gasteiger partial charge in [0, 0.05) is 23.0 Å². The van der Waals surface area contributed by atoms with E-state index in [1.54, 1.807) is 12.1 Å². The fourth-order valence-electron chi connectivity index (χ4n) is 2.39. The van der Waals surface area contributed by atoms with E-state index in [2.05, 4.69) is 10.3 Å². The van der Waals surface area contributed by atoms with Gasteiger partial charge in [0.25, 0.3) is 5.91 Å². The number of rotatable bonds is 4. The number of aromatic amines is 1. The zero-order chi connectivity index (χ0) is 15.7. The molecule has 22 heavy (non-hydrogen) atoms. The number of benzene rings is 1. The molecule has 1 amide bonds. The van der Waals surface area contributed by atoms with E-state index in [0.29, 0.717) is 5.56 Å². The predicted molar refractivity (Wildman–Crippen MR) is 79.9 cm³/mol. The number of hydrogen-bond acceptors (Lipinski definition) is 3. The number of H-pyrrole nitrogens is 1. The molecule has 3 N–H and O–H groups in total. The maximum Gasteiger partial charge on any atom is 0.352 e. The van der Waals surface area contributed by atoms with E-state index < -0.39 is 5.97 Å². The third-order valence-electron chi connectivity index (χ3n) is 3.45. The molecule has 3 rings (SSSR count). The summed E-state index contributed by atoms with van der Waals surface area (Å²) in [6.45, 7) is 2.03. The van der Waals surface area contributed by atoms with Gasteiger partial charge in [0.1, 0.15) is 5.69 Å². The number of aryl methyl sites for hydroxylation is 1. The highest BCUT2D eigenvalue weighted by atomic mass is 16.4. The number of carboxylic acid groups (broad SMARTS) is 1. The number of aromatic carboxylic acids is 1. The van der Waals surface area contributed by atoms with Crippen molar-refractivity contribution in [2.75, 3.05) is 0 Å². The minimum atomic E-state index is -1.06. The van der Waals surface area contributed by atoms with Crippen LogP contribution in [0.2, 0.25) is 0 Å². The SMILES string of the molecule is Cc1ccc2[nH]c(C(=O)O)c(CNC(=O)c3ccco3)c2c1. The first-order chi connectivity index (χ1) is 10.6. The number of carboxylic acids is 1. The molecule has 0 spiro atoms. The lowest BCUT2D eigenvalue weighted by Crippen LogP contribution is -2.23. The molecule has 0 saturated heterocycles. The zero-order valence-electron chi connectivity index (χ0n) is 11.8. The fraction of sp³-hybridized carbons (Fsp3) is 0.125. The predicted octanol–water partition coefficient (Wildman–Crippen LogP) is 2.70. The first-order valence-electron chi connectivity index (χ1n) is 6.72. The fourth-order valence-corrected chi connectivity index (χ4v) is 2.39. The summed E-state index contributed by atoms with van der Waals surface area (Å²) in [6, 6.07) is 8.79. The summed E-state index contributed by atoms with van der Waals surface area (Å²) in [5, 5.41) is 12.8. The van der Waals surface area contributed by atoms with Gasteiger partial charge in [-0.15, -0.1) is 0 Å². The second-order valence-electron chi connectivity index (χ2n) is 4.99. The van der Waals surface area contributed by atoms with Crippen LogP contribution in [0.4, 0.5) is 0 Å². The van der Waals surface area contributed by atoms with Crippen molar-refractivity contribution in [2.45, 2.75) is 13.5 Å². The van der Waals surface area contributed by atoms with Gasteiger partial charge in [-0.1, -0.05) is 11.6 Å². The molecule has 0 radical (unpaired) electrons. The van der Waals surface area contributed by atoms with Crippen LogP contribution in [-0.2, 0) is 6.54 Å². The van der Waals surface area contributed by atoms with Crippen LogP contribution in [0.15, 0.2) is 41.0 Å². The van der Waals surface area contributed by atoms with Crippen LogP contribution in [0.3, 0.4) is 0 Å². The highest BCUT2D eigenvalue weighted by Crippen LogP contribution is 2.24. The molecule has 0 aliphatic rings. The van der Waals surface area contributed by atoms with Gasteiger partial charge in [-0.3, -0.25) is 4.79 Å². The summed E-state index contributed by atoms with van der Waals surface area (Å²) in [5.74, 6) is -1.26. The van der Waals surface area contributed by atoms with E-state index in [1.165, 1.54) is 6.26 Å². The Labute approximate surface area is 125 Å². The summed E-state index contributed by atoms with van der Waals surface area (Å²) >= 11 is 0. The van der Waals surface area contributed by atoms with Gasteiger partial charge in [0.15, 0.2) is 5.76 Å². The summed E-state index contributed by atoms with van der Waals surface area (Å²) in [4.78, 5) is 26.2. The lowest BCUT2D eigenvalue weighted by molar-refractivity contribution is 0.0689. The molecule has 0 bridgehead atoms. The van der Waals surface area contributed by atoms with Gasteiger partial charge in [-0.05, 0) is 31.2 Å². The highest BCUT2D eigenvalue weighted by molar-refractivity contribution is 5.98. The third kappa shape index (κ3) is 2.46. The topological polar surface area (TPSA) is 95.3 Å². The van der Waals surface area contributed by atoms with Crippen molar-refractivity contribution in [2.24, 2.45) is 0 Å². The van der Waals surface area contributed by atoms with Crippen LogP contribution in [0.25, 0.3) is 10.9 Å². The number of fused-ring (bicyclic) bond motifs is 1. The molecule has 0 unspecified atom stereocenters. The molecule has 1 aromatic carbocycles. The van der Waals surface area contributed by atoms with Crippen LogP contribution in [0.5, 0.6) is 0 Å². The van der Waals surface area contributed by atoms with Crippen molar-refractivity contribution in [1.29, 1.82) is 0 Å². The molecule has 0 aliphatic carbocycles. The van der Waals surface area contributed by atoms with Crippen molar-refractivity contribution in [3.63, 3.8) is 0 Å². The van der Waals surface area contributed by atoms with Crippen LogP contribution < -0.4 is 5.32 Å². The second kappa shape index (κ2) is 5.40. The van der Waals surface area contributed by atoms with Crippen molar-refractivity contribution >= 4 is 22.8 Å². The Morgan fingerprint density at radius 1 is 1.32 bits per heavy atom. The van der Waals surface area contributed by atoms with E-state index in [9.17, 15) is 14.7 Å². The average molecular weight is 298 g/mol. The van der Waals surface area contributed by atoms with E-state index in [1.807, 2.05) is 25.1 Å². The van der Waals surface area contributed by atoms with Gasteiger partial charge in [0.2, 0.25) is 0 Å². The van der Waals surface area contributed by atoms with Gasteiger partial charge in [-0.2, -0.15) is 0 Å². The summed E-state index contributed by atoms with van der Waals surface area (Å²) in [6.07, 6.45) is 1.41. The normalized spacial score (nSPS) is 10.8. The highest BCUT2D eigenvalue weighted by Gasteiger charge is 2.18. The summed E-state index contributed by atoms with van der Waals surface area (Å²) < 4.78 is 5.01. The Bertz CT molecular complexity index is 847. The van der Waals surface area contributed by atoms with Gasteiger partial charge >= 0.3 is 5.97 Å². The number of carbonyl (C=O) groups excluding carboxylic acids is 1. The van der Waals surface area contributed by atoms with E-state index in [-0.39, 0.29) is 23.9 Å². The van der Waals surface area contributed by atoms with Crippen LogP contribution >= 0.6 is 0 Å². The number of nitrogens with one attached hydrogen (secondary N) is 2. The zero-order valence-corrected chi connectivity index (χ0v) is 11.8. The molecule has 0 aliphatic heterocycles. The van der Waals surface area contributed by atoms with Crippen LogP contribution in [0.1, 0.15) is 32.2 Å². The van der Waals surface area contributed by atoms with Crippen molar-refractivity contribution in [3.05, 3.63) is 59.2 Å². The lowest BCUT2D eigenvalue weighted by atomic mass is 10.1. The Balaban J connectivity index is 1.94. The monoisotopic (exact) mass is 298 g/mol. The van der Waals surface area contributed by atoms with Gasteiger partial charge in [-0.25, -0.2) is 4.79 Å². The molecule has 2 aromatic heterocycles. The maximum absolute atomic E-state index is 11.9. The molecular weight excluding hydrogens is 284 g/mol. The van der Waals surface area contributed by atoms with Crippen molar-refractivity contribution in [1.82, 2.24) is 10.3 Å². The Morgan fingerprint density at radius 2 is 2.14 bits per heavy atom. The first-order valence-corrected chi connectivity index (χ1v) is 6.72. The number of carbonyl (C=O) groups is 2. The Hall–Kier alpha value is -3.02. The molecular formula is C16H14N2O4. The van der Waals surface area contributed by atoms with E-state index in [0.717, 1.165) is 16.5 Å². The average Bonchev–Trinajstić information content (AvgIpc) is 3.12. The largest absolute Gasteiger partial charge is 0.477 e. The molecule has 6 heteroatoms. The first kappa shape index (κ1) is 13.9. The molecule has 112 valence electrons. The lowest BCUT2D eigenvalue weighted by Gasteiger charge is -2.04. The minimum Gasteiger partial charge on any atom is -0.477 e.